The van der Waals surface area contributed by atoms with E-state index in [1.807, 2.05) is 42.6 Å². The second kappa shape index (κ2) is 8.52. The summed E-state index contributed by atoms with van der Waals surface area (Å²) < 4.78 is 9.91. The molecule has 0 amide bonds. The third-order valence-corrected chi connectivity index (χ3v) is 3.01. The van der Waals surface area contributed by atoms with E-state index < -0.39 is 0 Å². The number of aromatic nitrogens is 1. The van der Waals surface area contributed by atoms with Crippen LogP contribution in [0, 0.1) is 0 Å². The van der Waals surface area contributed by atoms with E-state index in [1.54, 1.807) is 6.92 Å². The van der Waals surface area contributed by atoms with Gasteiger partial charge in [-0.3, -0.25) is 4.79 Å². The zero-order valence-electron chi connectivity index (χ0n) is 12.5. The fourth-order valence-corrected chi connectivity index (χ4v) is 1.93. The molecule has 1 N–H and O–H groups in total. The van der Waals surface area contributed by atoms with Gasteiger partial charge in [-0.05, 0) is 36.8 Å². The van der Waals surface area contributed by atoms with Gasteiger partial charge in [0.2, 0.25) is 0 Å². The average Bonchev–Trinajstić information content (AvgIpc) is 3.03. The predicted molar refractivity (Wildman–Crippen MR) is 86.8 cm³/mol. The van der Waals surface area contributed by atoms with Crippen LogP contribution in [0.1, 0.15) is 12.5 Å². The number of hydrogen-bond acceptors (Lipinski definition) is 3. The first kappa shape index (κ1) is 15.6. The molecule has 3 aromatic rings. The van der Waals surface area contributed by atoms with Gasteiger partial charge in [-0.1, -0.05) is 30.3 Å². The van der Waals surface area contributed by atoms with Crippen LogP contribution in [0.15, 0.2) is 60.8 Å². The van der Waals surface area contributed by atoms with Gasteiger partial charge in [-0.15, -0.1) is 0 Å². The summed E-state index contributed by atoms with van der Waals surface area (Å²) in [5.41, 5.74) is 2.32. The summed E-state index contributed by atoms with van der Waals surface area (Å²) >= 11 is 0. The molecule has 4 heteroatoms. The summed E-state index contributed by atoms with van der Waals surface area (Å²) in [4.78, 5) is 12.3. The predicted octanol–water partition coefficient (Wildman–Crippen LogP) is 3.93. The zero-order valence-corrected chi connectivity index (χ0v) is 12.5. The maximum absolute atomic E-state index is 9.18. The summed E-state index contributed by atoms with van der Waals surface area (Å²) in [7, 11) is 0. The number of rotatable bonds is 5. The molecule has 0 unspecified atom stereocenters. The Hall–Kier alpha value is -2.75. The summed E-state index contributed by atoms with van der Waals surface area (Å²) in [5.74, 6) is 0.904. The molecule has 0 fully saturated rings. The van der Waals surface area contributed by atoms with Crippen molar-refractivity contribution in [3.05, 3.63) is 66.4 Å². The van der Waals surface area contributed by atoms with Gasteiger partial charge in [-0.2, -0.15) is 0 Å². The number of carbonyl (C=O) groups excluding carboxylic acids is 1. The first-order valence-electron chi connectivity index (χ1n) is 7.12. The van der Waals surface area contributed by atoms with Gasteiger partial charge in [0.25, 0.3) is 6.47 Å². The van der Waals surface area contributed by atoms with Gasteiger partial charge in [0, 0.05) is 17.1 Å². The largest absolute Gasteiger partial charge is 0.489 e. The zero-order chi connectivity index (χ0) is 15.6. The van der Waals surface area contributed by atoms with Crippen LogP contribution in [0.2, 0.25) is 0 Å². The lowest BCUT2D eigenvalue weighted by molar-refractivity contribution is -0.128. The maximum atomic E-state index is 9.18. The Morgan fingerprint density at radius 1 is 1.09 bits per heavy atom. The molecule has 0 aliphatic heterocycles. The van der Waals surface area contributed by atoms with Crippen molar-refractivity contribution in [3.63, 3.8) is 0 Å². The summed E-state index contributed by atoms with van der Waals surface area (Å²) in [5, 5.41) is 1.18. The highest BCUT2D eigenvalue weighted by atomic mass is 16.5. The first-order chi connectivity index (χ1) is 10.8. The van der Waals surface area contributed by atoms with E-state index in [-0.39, 0.29) is 0 Å². The van der Waals surface area contributed by atoms with Crippen molar-refractivity contribution in [2.45, 2.75) is 13.5 Å². The minimum absolute atomic E-state index is 0.431. The number of fused-ring (bicyclic) bond motifs is 1. The van der Waals surface area contributed by atoms with Crippen molar-refractivity contribution < 1.29 is 14.3 Å². The van der Waals surface area contributed by atoms with E-state index in [0.29, 0.717) is 19.7 Å². The van der Waals surface area contributed by atoms with Gasteiger partial charge < -0.3 is 14.5 Å². The van der Waals surface area contributed by atoms with Crippen molar-refractivity contribution in [2.75, 3.05) is 6.61 Å². The van der Waals surface area contributed by atoms with Crippen molar-refractivity contribution in [3.8, 4) is 5.75 Å². The summed E-state index contributed by atoms with van der Waals surface area (Å²) in [6.45, 7) is 3.27. The van der Waals surface area contributed by atoms with Crippen LogP contribution in [0.4, 0.5) is 0 Å². The van der Waals surface area contributed by atoms with Crippen molar-refractivity contribution in [2.24, 2.45) is 0 Å². The minimum atomic E-state index is 0.431. The van der Waals surface area contributed by atoms with Crippen LogP contribution in [0.3, 0.4) is 0 Å². The maximum Gasteiger partial charge on any atom is 0.293 e. The molecule has 0 saturated heterocycles. The standard InChI is InChI=1S/C15H13NO.C3H6O2/c1-2-4-12(5-3-1)11-17-14-6-7-15-13(10-14)8-9-16-15;1-2-5-3-4/h1-10,16H,11H2;3H,2H2,1H3. The van der Waals surface area contributed by atoms with Crippen LogP contribution < -0.4 is 4.74 Å². The van der Waals surface area contributed by atoms with Gasteiger partial charge in [0.05, 0.1) is 6.61 Å². The van der Waals surface area contributed by atoms with E-state index >= 15 is 0 Å². The molecule has 2 aromatic carbocycles. The number of hydrogen-bond donors (Lipinski definition) is 1. The summed E-state index contributed by atoms with van der Waals surface area (Å²) in [6, 6.07) is 18.3. The lowest BCUT2D eigenvalue weighted by Gasteiger charge is -2.06. The van der Waals surface area contributed by atoms with Crippen LogP contribution in [0.5, 0.6) is 5.75 Å². The smallest absolute Gasteiger partial charge is 0.293 e. The van der Waals surface area contributed by atoms with Crippen LogP contribution in [-0.4, -0.2) is 18.1 Å². The van der Waals surface area contributed by atoms with Crippen molar-refractivity contribution >= 4 is 17.4 Å². The molecule has 1 aromatic heterocycles. The second-order valence-corrected chi connectivity index (χ2v) is 4.55. The molecule has 0 aliphatic rings. The molecular formula is C18H19NO3. The number of ether oxygens (including phenoxy) is 2. The van der Waals surface area contributed by atoms with E-state index in [4.69, 9.17) is 4.74 Å². The first-order valence-corrected chi connectivity index (χ1v) is 7.12. The Balaban J connectivity index is 0.000000309. The van der Waals surface area contributed by atoms with Crippen LogP contribution >= 0.6 is 0 Å². The fourth-order valence-electron chi connectivity index (χ4n) is 1.93. The number of nitrogens with one attached hydrogen (secondary N) is 1. The van der Waals surface area contributed by atoms with Gasteiger partial charge in [0.1, 0.15) is 12.4 Å². The van der Waals surface area contributed by atoms with Gasteiger partial charge in [-0.25, -0.2) is 0 Å². The Labute approximate surface area is 129 Å². The Morgan fingerprint density at radius 2 is 1.91 bits per heavy atom. The van der Waals surface area contributed by atoms with Crippen molar-refractivity contribution in [1.29, 1.82) is 0 Å². The minimum Gasteiger partial charge on any atom is -0.489 e. The Kier molecular flexibility index (Phi) is 6.05. The molecular weight excluding hydrogens is 278 g/mol. The molecule has 0 bridgehead atoms. The van der Waals surface area contributed by atoms with E-state index in [1.165, 1.54) is 10.9 Å². The highest BCUT2D eigenvalue weighted by Gasteiger charge is 1.98. The molecule has 1 heterocycles. The quantitative estimate of drug-likeness (QED) is 0.726. The number of aromatic amines is 1. The van der Waals surface area contributed by atoms with Crippen LogP contribution in [-0.2, 0) is 16.1 Å². The summed E-state index contributed by atoms with van der Waals surface area (Å²) in [6.07, 6.45) is 1.94. The molecule has 0 radical (unpaired) electrons. The molecule has 22 heavy (non-hydrogen) atoms. The Morgan fingerprint density at radius 3 is 2.59 bits per heavy atom. The average molecular weight is 297 g/mol. The van der Waals surface area contributed by atoms with E-state index in [0.717, 1.165) is 11.3 Å². The second-order valence-electron chi connectivity index (χ2n) is 4.55. The SMILES string of the molecule is CCOC=O.c1ccc(COc2ccc3[nH]ccc3c2)cc1. The normalized spacial score (nSPS) is 9.68. The Bertz CT molecular complexity index is 692. The third kappa shape index (κ3) is 4.66. The van der Waals surface area contributed by atoms with Crippen molar-refractivity contribution in [1.82, 2.24) is 4.98 Å². The van der Waals surface area contributed by atoms with Gasteiger partial charge >= 0.3 is 0 Å². The molecule has 0 aliphatic carbocycles. The number of carbonyl (C=O) groups is 1. The molecule has 0 spiro atoms. The highest BCUT2D eigenvalue weighted by molar-refractivity contribution is 5.80. The molecule has 0 atom stereocenters. The third-order valence-electron chi connectivity index (χ3n) is 3.01. The molecule has 3 rings (SSSR count). The molecule has 4 nitrogen and oxygen atoms in total. The lowest BCUT2D eigenvalue weighted by atomic mass is 10.2. The van der Waals surface area contributed by atoms with Crippen LogP contribution in [0.25, 0.3) is 10.9 Å². The lowest BCUT2D eigenvalue weighted by Crippen LogP contribution is -1.94. The highest BCUT2D eigenvalue weighted by Crippen LogP contribution is 2.20. The van der Waals surface area contributed by atoms with Gasteiger partial charge in [0.15, 0.2) is 0 Å². The number of benzene rings is 2. The number of H-pyrrole nitrogens is 1. The van der Waals surface area contributed by atoms with E-state index in [2.05, 4.69) is 27.9 Å². The topological polar surface area (TPSA) is 51.3 Å². The van der Waals surface area contributed by atoms with E-state index in [9.17, 15) is 4.79 Å². The monoisotopic (exact) mass is 297 g/mol. The molecule has 0 saturated carbocycles. The fraction of sp³-hybridized carbons (Fsp3) is 0.167. The molecule has 114 valence electrons.